The first-order valence-electron chi connectivity index (χ1n) is 13.9. The molecule has 4 rings (SSSR count). The highest BCUT2D eigenvalue weighted by Gasteiger charge is 2.47. The van der Waals surface area contributed by atoms with E-state index in [1.165, 1.54) is 4.90 Å². The number of hydrogen-bond acceptors (Lipinski definition) is 5. The summed E-state index contributed by atoms with van der Waals surface area (Å²) >= 11 is 5.90. The normalized spacial score (nSPS) is 18.8. The van der Waals surface area contributed by atoms with E-state index in [1.807, 2.05) is 24.3 Å². The van der Waals surface area contributed by atoms with E-state index >= 15 is 0 Å². The Kier molecular flexibility index (Phi) is 10.4. The van der Waals surface area contributed by atoms with Gasteiger partial charge in [-0.05, 0) is 61.9 Å². The van der Waals surface area contributed by atoms with E-state index in [1.54, 1.807) is 36.3 Å². The molecule has 40 heavy (non-hydrogen) atoms. The van der Waals surface area contributed by atoms with Crippen LogP contribution in [0, 0.1) is 5.92 Å². The Morgan fingerprint density at radius 3 is 2.58 bits per heavy atom. The molecular weight excluding hydrogens is 532 g/mol. The van der Waals surface area contributed by atoms with Gasteiger partial charge in [-0.3, -0.25) is 19.3 Å². The van der Waals surface area contributed by atoms with E-state index in [0.29, 0.717) is 61.5 Å². The van der Waals surface area contributed by atoms with E-state index in [2.05, 4.69) is 10.6 Å². The van der Waals surface area contributed by atoms with Crippen LogP contribution >= 0.6 is 11.6 Å². The van der Waals surface area contributed by atoms with Gasteiger partial charge >= 0.3 is 6.03 Å². The summed E-state index contributed by atoms with van der Waals surface area (Å²) < 4.78 is 5.21. The average Bonchev–Trinajstić information content (AvgIpc) is 2.96. The highest BCUT2D eigenvalue weighted by atomic mass is 35.5. The van der Waals surface area contributed by atoms with Crippen LogP contribution in [0.15, 0.2) is 48.5 Å². The molecule has 2 fully saturated rings. The van der Waals surface area contributed by atoms with Crippen LogP contribution in [0.5, 0.6) is 5.75 Å². The number of hydrogen-bond donors (Lipinski definition) is 2. The molecule has 9 nitrogen and oxygen atoms in total. The van der Waals surface area contributed by atoms with Crippen LogP contribution in [-0.2, 0) is 20.8 Å². The molecule has 2 atom stereocenters. The zero-order valence-corrected chi connectivity index (χ0v) is 23.6. The van der Waals surface area contributed by atoms with Crippen LogP contribution < -0.4 is 15.4 Å². The van der Waals surface area contributed by atoms with E-state index in [-0.39, 0.29) is 42.8 Å². The van der Waals surface area contributed by atoms with Crippen LogP contribution in [0.25, 0.3) is 0 Å². The first kappa shape index (κ1) is 29.4. The maximum atomic E-state index is 13.4. The molecule has 5 amide bonds. The van der Waals surface area contributed by atoms with Gasteiger partial charge in [0.15, 0.2) is 0 Å². The number of benzene rings is 2. The van der Waals surface area contributed by atoms with Gasteiger partial charge in [0.1, 0.15) is 12.3 Å². The molecule has 1 aliphatic carbocycles. The molecule has 2 N–H and O–H groups in total. The fourth-order valence-corrected chi connectivity index (χ4v) is 5.58. The summed E-state index contributed by atoms with van der Waals surface area (Å²) in [6.45, 7) is 0.628. The van der Waals surface area contributed by atoms with Gasteiger partial charge < -0.3 is 20.3 Å². The zero-order chi connectivity index (χ0) is 28.5. The molecule has 1 aliphatic heterocycles. The van der Waals surface area contributed by atoms with Crippen LogP contribution in [0.1, 0.15) is 50.5 Å². The Labute approximate surface area is 240 Å². The van der Waals surface area contributed by atoms with Crippen molar-refractivity contribution < 1.29 is 23.9 Å². The monoisotopic (exact) mass is 568 g/mol. The largest absolute Gasteiger partial charge is 0.497 e. The van der Waals surface area contributed by atoms with Crippen molar-refractivity contribution in [1.82, 2.24) is 15.1 Å². The summed E-state index contributed by atoms with van der Waals surface area (Å²) in [7, 11) is 1.55. The SMILES string of the molecule is COc1cccc(NC(=O)CN2C(=O)N(CCCCC(=O)NCCc3ccc(Cl)cc3)C(=O)C3CCCCC32)c1. The van der Waals surface area contributed by atoms with Crippen molar-refractivity contribution in [2.45, 2.75) is 57.4 Å². The van der Waals surface area contributed by atoms with Crippen LogP contribution in [0.4, 0.5) is 10.5 Å². The van der Waals surface area contributed by atoms with Crippen LogP contribution in [-0.4, -0.2) is 66.3 Å². The summed E-state index contributed by atoms with van der Waals surface area (Å²) in [4.78, 5) is 54.7. The van der Waals surface area contributed by atoms with Gasteiger partial charge in [0.25, 0.3) is 0 Å². The number of amides is 5. The first-order chi connectivity index (χ1) is 19.4. The summed E-state index contributed by atoms with van der Waals surface area (Å²) in [5.74, 6) is -0.228. The van der Waals surface area contributed by atoms with E-state index in [4.69, 9.17) is 16.3 Å². The molecule has 2 unspecified atom stereocenters. The molecule has 2 aromatic rings. The van der Waals surface area contributed by atoms with Gasteiger partial charge in [0.2, 0.25) is 17.7 Å². The Morgan fingerprint density at radius 2 is 1.80 bits per heavy atom. The summed E-state index contributed by atoms with van der Waals surface area (Å²) in [6.07, 6.45) is 5.35. The molecule has 0 aromatic heterocycles. The van der Waals surface area contributed by atoms with Gasteiger partial charge in [-0.25, -0.2) is 4.79 Å². The summed E-state index contributed by atoms with van der Waals surface area (Å²) in [5.41, 5.74) is 1.67. The lowest BCUT2D eigenvalue weighted by Crippen LogP contribution is -2.63. The number of rotatable bonds is 12. The predicted octanol–water partition coefficient (Wildman–Crippen LogP) is 4.64. The Balaban J connectivity index is 1.27. The number of nitrogens with one attached hydrogen (secondary N) is 2. The fraction of sp³-hybridized carbons (Fsp3) is 0.467. The molecule has 1 saturated heterocycles. The molecule has 10 heteroatoms. The second kappa shape index (κ2) is 14.2. The molecule has 0 radical (unpaired) electrons. The van der Waals surface area contributed by atoms with Gasteiger partial charge in [0.05, 0.1) is 13.0 Å². The molecule has 2 aliphatic rings. The second-order valence-corrected chi connectivity index (χ2v) is 10.8. The number of carbonyl (C=O) groups excluding carboxylic acids is 4. The van der Waals surface area contributed by atoms with Gasteiger partial charge in [-0.15, -0.1) is 0 Å². The fourth-order valence-electron chi connectivity index (χ4n) is 5.45. The second-order valence-electron chi connectivity index (χ2n) is 10.3. The Bertz CT molecular complexity index is 1200. The predicted molar refractivity (Wildman–Crippen MR) is 153 cm³/mol. The number of carbonyl (C=O) groups is 4. The van der Waals surface area contributed by atoms with Crippen LogP contribution in [0.2, 0.25) is 5.02 Å². The highest BCUT2D eigenvalue weighted by molar-refractivity contribution is 6.30. The molecule has 1 saturated carbocycles. The lowest BCUT2D eigenvalue weighted by molar-refractivity contribution is -0.141. The minimum atomic E-state index is -0.429. The highest BCUT2D eigenvalue weighted by Crippen LogP contribution is 2.34. The smallest absolute Gasteiger partial charge is 0.327 e. The van der Waals surface area contributed by atoms with Crippen molar-refractivity contribution in [1.29, 1.82) is 0 Å². The third-order valence-corrected chi connectivity index (χ3v) is 7.79. The Hall–Kier alpha value is -3.59. The molecular formula is C30H37ClN4O5. The maximum absolute atomic E-state index is 13.4. The molecule has 1 heterocycles. The zero-order valence-electron chi connectivity index (χ0n) is 22.9. The molecule has 2 aromatic carbocycles. The average molecular weight is 569 g/mol. The number of halogens is 1. The van der Waals surface area contributed by atoms with E-state index < -0.39 is 6.03 Å². The first-order valence-corrected chi connectivity index (χ1v) is 14.3. The van der Waals surface area contributed by atoms with Gasteiger partial charge in [0, 0.05) is 42.3 Å². The minimum Gasteiger partial charge on any atom is -0.497 e. The van der Waals surface area contributed by atoms with Crippen LogP contribution in [0.3, 0.4) is 0 Å². The number of anilines is 1. The van der Waals surface area contributed by atoms with Crippen molar-refractivity contribution in [2.24, 2.45) is 5.92 Å². The van der Waals surface area contributed by atoms with E-state index in [9.17, 15) is 19.2 Å². The maximum Gasteiger partial charge on any atom is 0.327 e. The number of unbranched alkanes of at least 4 members (excludes halogenated alkanes) is 1. The molecule has 214 valence electrons. The third kappa shape index (κ3) is 7.75. The Morgan fingerprint density at radius 1 is 1.02 bits per heavy atom. The number of nitrogens with zero attached hydrogens (tertiary/aromatic N) is 2. The van der Waals surface area contributed by atoms with Gasteiger partial charge in [-0.2, -0.15) is 0 Å². The molecule has 0 bridgehead atoms. The van der Waals surface area contributed by atoms with Gasteiger partial charge in [-0.1, -0.05) is 42.6 Å². The lowest BCUT2D eigenvalue weighted by Gasteiger charge is -2.46. The van der Waals surface area contributed by atoms with E-state index in [0.717, 1.165) is 18.4 Å². The number of fused-ring (bicyclic) bond motifs is 1. The standard InChI is InChI=1S/C30H37ClN4O5/c1-40-24-8-6-7-23(19-24)33-28(37)20-35-26-10-3-2-9-25(26)29(38)34(30(35)39)18-5-4-11-27(36)32-17-16-21-12-14-22(31)15-13-21/h6-8,12-15,19,25-26H,2-5,9-11,16-18,20H2,1H3,(H,32,36)(H,33,37). The topological polar surface area (TPSA) is 108 Å². The number of urea groups is 1. The number of ether oxygens (including phenoxy) is 1. The summed E-state index contributed by atoms with van der Waals surface area (Å²) in [5, 5.41) is 6.43. The quantitative estimate of drug-likeness (QED) is 0.363. The van der Waals surface area contributed by atoms with Crippen molar-refractivity contribution in [3.8, 4) is 5.75 Å². The summed E-state index contributed by atoms with van der Waals surface area (Å²) in [6, 6.07) is 13.8. The van der Waals surface area contributed by atoms with Crippen molar-refractivity contribution in [3.63, 3.8) is 0 Å². The minimum absolute atomic E-state index is 0.0616. The third-order valence-electron chi connectivity index (χ3n) is 7.54. The molecule has 0 spiro atoms. The van der Waals surface area contributed by atoms with Crippen molar-refractivity contribution in [2.75, 3.05) is 32.1 Å². The number of methoxy groups -OCH3 is 1. The number of imide groups is 1. The van der Waals surface area contributed by atoms with Crippen molar-refractivity contribution >= 4 is 41.0 Å². The van der Waals surface area contributed by atoms with Crippen molar-refractivity contribution in [3.05, 3.63) is 59.1 Å². The lowest BCUT2D eigenvalue weighted by atomic mass is 9.81.